The molecule has 0 unspecified atom stereocenters. The molecule has 2 aromatic rings. The van der Waals surface area contributed by atoms with Gasteiger partial charge in [-0.3, -0.25) is 9.69 Å². The first-order valence-corrected chi connectivity index (χ1v) is 7.63. The van der Waals surface area contributed by atoms with E-state index in [4.69, 9.17) is 0 Å². The smallest absolute Gasteiger partial charge is 0.237 e. The van der Waals surface area contributed by atoms with Crippen molar-refractivity contribution in [2.45, 2.75) is 13.1 Å². The number of halogens is 1. The number of hydrogen-bond donors (Lipinski definition) is 1. The van der Waals surface area contributed by atoms with E-state index >= 15 is 0 Å². The van der Waals surface area contributed by atoms with Crippen molar-refractivity contribution >= 4 is 5.91 Å². The van der Waals surface area contributed by atoms with Gasteiger partial charge < -0.3 is 10.0 Å². The fourth-order valence-corrected chi connectivity index (χ4v) is 2.76. The van der Waals surface area contributed by atoms with Gasteiger partial charge in [-0.05, 0) is 23.8 Å². The molecule has 1 fully saturated rings. The lowest BCUT2D eigenvalue weighted by atomic mass is 10.1. The number of phenols is 1. The second-order valence-electron chi connectivity index (χ2n) is 5.78. The van der Waals surface area contributed by atoms with Gasteiger partial charge in [-0.25, -0.2) is 4.39 Å². The Hall–Kier alpha value is -2.40. The zero-order valence-electron chi connectivity index (χ0n) is 12.8. The molecule has 0 bridgehead atoms. The number of nitrogens with zero attached hydrogens (tertiary/aromatic N) is 2. The van der Waals surface area contributed by atoms with Crippen molar-refractivity contribution in [1.82, 2.24) is 9.80 Å². The fraction of sp³-hybridized carbons (Fsp3) is 0.278. The predicted octanol–water partition coefficient (Wildman–Crippen LogP) is 2.38. The number of amides is 1. The van der Waals surface area contributed by atoms with Crippen molar-refractivity contribution in [2.24, 2.45) is 0 Å². The van der Waals surface area contributed by atoms with Crippen LogP contribution in [0, 0.1) is 5.82 Å². The average Bonchev–Trinajstić information content (AvgIpc) is 2.54. The highest BCUT2D eigenvalue weighted by molar-refractivity contribution is 5.79. The van der Waals surface area contributed by atoms with E-state index in [-0.39, 0.29) is 17.5 Å². The van der Waals surface area contributed by atoms with Gasteiger partial charge in [0.2, 0.25) is 5.91 Å². The molecular weight excluding hydrogens is 295 g/mol. The Labute approximate surface area is 134 Å². The Kier molecular flexibility index (Phi) is 4.57. The molecule has 1 N–H and O–H groups in total. The minimum atomic E-state index is -0.271. The standard InChI is InChI=1S/C18H19FN2O2/c19-16-7-5-14(6-8-16)11-21-10-9-20(13-18(21)23)12-15-3-1-2-4-17(15)22/h1-8,22H,9-13H2. The molecule has 0 aliphatic carbocycles. The highest BCUT2D eigenvalue weighted by Crippen LogP contribution is 2.19. The zero-order chi connectivity index (χ0) is 16.2. The Bertz CT molecular complexity index is 688. The quantitative estimate of drug-likeness (QED) is 0.942. The van der Waals surface area contributed by atoms with Crippen LogP contribution >= 0.6 is 0 Å². The third kappa shape index (κ3) is 3.87. The van der Waals surface area contributed by atoms with Crippen LogP contribution in [0.3, 0.4) is 0 Å². The fourth-order valence-electron chi connectivity index (χ4n) is 2.76. The maximum Gasteiger partial charge on any atom is 0.237 e. The summed E-state index contributed by atoms with van der Waals surface area (Å²) in [5.74, 6) is 0.0391. The predicted molar refractivity (Wildman–Crippen MR) is 85.2 cm³/mol. The van der Waals surface area contributed by atoms with E-state index in [1.807, 2.05) is 17.0 Å². The SMILES string of the molecule is O=C1CN(Cc2ccccc2O)CCN1Cc1ccc(F)cc1. The first-order valence-electron chi connectivity index (χ1n) is 7.63. The lowest BCUT2D eigenvalue weighted by molar-refractivity contribution is -0.136. The Morgan fingerprint density at radius 3 is 2.43 bits per heavy atom. The monoisotopic (exact) mass is 314 g/mol. The van der Waals surface area contributed by atoms with E-state index in [0.717, 1.165) is 17.7 Å². The summed E-state index contributed by atoms with van der Waals surface area (Å²) in [5, 5.41) is 9.82. The number of benzene rings is 2. The molecule has 4 nitrogen and oxygen atoms in total. The summed E-state index contributed by atoms with van der Waals surface area (Å²) < 4.78 is 12.9. The van der Waals surface area contributed by atoms with Crippen LogP contribution in [0.4, 0.5) is 4.39 Å². The van der Waals surface area contributed by atoms with Crippen molar-refractivity contribution < 1.29 is 14.3 Å². The van der Waals surface area contributed by atoms with Gasteiger partial charge in [0.25, 0.3) is 0 Å². The topological polar surface area (TPSA) is 43.8 Å². The van der Waals surface area contributed by atoms with E-state index in [1.165, 1.54) is 12.1 Å². The number of carbonyl (C=O) groups excluding carboxylic acids is 1. The van der Waals surface area contributed by atoms with Crippen LogP contribution in [0.2, 0.25) is 0 Å². The number of aromatic hydroxyl groups is 1. The van der Waals surface area contributed by atoms with Crippen LogP contribution in [0.25, 0.3) is 0 Å². The molecule has 23 heavy (non-hydrogen) atoms. The normalized spacial score (nSPS) is 15.9. The molecule has 0 spiro atoms. The van der Waals surface area contributed by atoms with E-state index < -0.39 is 0 Å². The van der Waals surface area contributed by atoms with Gasteiger partial charge in [-0.2, -0.15) is 0 Å². The van der Waals surface area contributed by atoms with Crippen LogP contribution in [0.15, 0.2) is 48.5 Å². The van der Waals surface area contributed by atoms with Gasteiger partial charge in [0.05, 0.1) is 6.54 Å². The van der Waals surface area contributed by atoms with E-state index in [9.17, 15) is 14.3 Å². The first-order chi connectivity index (χ1) is 11.1. The number of rotatable bonds is 4. The summed E-state index contributed by atoms with van der Waals surface area (Å²) in [4.78, 5) is 16.1. The van der Waals surface area contributed by atoms with Crippen LogP contribution in [-0.2, 0) is 17.9 Å². The molecule has 0 radical (unpaired) electrons. The lowest BCUT2D eigenvalue weighted by Gasteiger charge is -2.34. The maximum atomic E-state index is 12.9. The van der Waals surface area contributed by atoms with Crippen LogP contribution in [0.5, 0.6) is 5.75 Å². The van der Waals surface area contributed by atoms with Crippen molar-refractivity contribution in [2.75, 3.05) is 19.6 Å². The molecule has 1 amide bonds. The largest absolute Gasteiger partial charge is 0.508 e. The molecule has 1 aliphatic rings. The summed E-state index contributed by atoms with van der Waals surface area (Å²) in [6.45, 7) is 2.77. The molecule has 120 valence electrons. The summed E-state index contributed by atoms with van der Waals surface area (Å²) >= 11 is 0. The molecule has 0 atom stereocenters. The third-order valence-corrected chi connectivity index (χ3v) is 4.07. The van der Waals surface area contributed by atoms with Crippen molar-refractivity contribution in [1.29, 1.82) is 0 Å². The second-order valence-corrected chi connectivity index (χ2v) is 5.78. The third-order valence-electron chi connectivity index (χ3n) is 4.07. The molecule has 0 aromatic heterocycles. The maximum absolute atomic E-state index is 12.9. The number of carbonyl (C=O) groups is 1. The Balaban J connectivity index is 1.58. The molecule has 3 rings (SSSR count). The van der Waals surface area contributed by atoms with Gasteiger partial charge in [0, 0.05) is 31.7 Å². The van der Waals surface area contributed by atoms with Crippen molar-refractivity contribution in [3.63, 3.8) is 0 Å². The second kappa shape index (κ2) is 6.79. The van der Waals surface area contributed by atoms with Crippen LogP contribution in [0.1, 0.15) is 11.1 Å². The Morgan fingerprint density at radius 2 is 1.74 bits per heavy atom. The van der Waals surface area contributed by atoms with Gasteiger partial charge in [0.1, 0.15) is 11.6 Å². The van der Waals surface area contributed by atoms with Crippen LogP contribution in [-0.4, -0.2) is 40.4 Å². The first kappa shape index (κ1) is 15.5. The number of piperazine rings is 1. The van der Waals surface area contributed by atoms with E-state index in [0.29, 0.717) is 26.2 Å². The summed E-state index contributed by atoms with van der Waals surface area (Å²) in [6, 6.07) is 13.4. The molecule has 1 aliphatic heterocycles. The van der Waals surface area contributed by atoms with Gasteiger partial charge in [0.15, 0.2) is 0 Å². The van der Waals surface area contributed by atoms with Gasteiger partial charge in [-0.15, -0.1) is 0 Å². The number of para-hydroxylation sites is 1. The van der Waals surface area contributed by atoms with Crippen molar-refractivity contribution in [3.05, 3.63) is 65.5 Å². The minimum Gasteiger partial charge on any atom is -0.508 e. The minimum absolute atomic E-state index is 0.0518. The van der Waals surface area contributed by atoms with Gasteiger partial charge in [-0.1, -0.05) is 30.3 Å². The average molecular weight is 314 g/mol. The van der Waals surface area contributed by atoms with Crippen molar-refractivity contribution in [3.8, 4) is 5.75 Å². The molecule has 2 aromatic carbocycles. The highest BCUT2D eigenvalue weighted by Gasteiger charge is 2.24. The summed E-state index contributed by atoms with van der Waals surface area (Å²) in [5.41, 5.74) is 1.75. The molecule has 1 heterocycles. The lowest BCUT2D eigenvalue weighted by Crippen LogP contribution is -2.49. The number of phenolic OH excluding ortho intramolecular Hbond substituents is 1. The Morgan fingerprint density at radius 1 is 1.00 bits per heavy atom. The summed E-state index contributed by atoms with van der Waals surface area (Å²) in [6.07, 6.45) is 0. The van der Waals surface area contributed by atoms with E-state index in [1.54, 1.807) is 29.2 Å². The highest BCUT2D eigenvalue weighted by atomic mass is 19.1. The molecule has 1 saturated heterocycles. The summed E-state index contributed by atoms with van der Waals surface area (Å²) in [7, 11) is 0. The van der Waals surface area contributed by atoms with E-state index in [2.05, 4.69) is 0 Å². The molecular formula is C18H19FN2O2. The molecule has 0 saturated carbocycles. The van der Waals surface area contributed by atoms with Crippen LogP contribution < -0.4 is 0 Å². The van der Waals surface area contributed by atoms with Gasteiger partial charge >= 0.3 is 0 Å². The zero-order valence-corrected chi connectivity index (χ0v) is 12.8. The molecule has 5 heteroatoms. The number of hydrogen-bond acceptors (Lipinski definition) is 3.